The van der Waals surface area contributed by atoms with Gasteiger partial charge in [0.1, 0.15) is 0 Å². The van der Waals surface area contributed by atoms with Crippen LogP contribution in [-0.4, -0.2) is 39.2 Å². The molecule has 0 unspecified atom stereocenters. The molecule has 0 bridgehead atoms. The molecular weight excluding hydrogens is 284 g/mol. The Morgan fingerprint density at radius 3 is 2.24 bits per heavy atom. The van der Waals surface area contributed by atoms with Crippen LogP contribution in [0.5, 0.6) is 0 Å². The highest BCUT2D eigenvalue weighted by molar-refractivity contribution is 6.74. The first-order valence-corrected chi connectivity index (χ1v) is 10.4. The Labute approximate surface area is 130 Å². The molecule has 2 atom stereocenters. The molecule has 4 nitrogen and oxygen atoms in total. The molecule has 0 rings (SSSR count). The van der Waals surface area contributed by atoms with Crippen LogP contribution >= 0.6 is 0 Å². The zero-order chi connectivity index (χ0) is 16.8. The summed E-state index contributed by atoms with van der Waals surface area (Å²) >= 11 is 0. The van der Waals surface area contributed by atoms with Crippen molar-refractivity contribution in [1.82, 2.24) is 0 Å². The first-order valence-electron chi connectivity index (χ1n) is 7.54. The molecule has 0 saturated carbocycles. The Bertz CT molecular complexity index is 361. The second-order valence-electron chi connectivity index (χ2n) is 6.86. The van der Waals surface area contributed by atoms with E-state index < -0.39 is 20.4 Å². The van der Waals surface area contributed by atoms with E-state index in [4.69, 9.17) is 4.43 Å². The lowest BCUT2D eigenvalue weighted by Crippen LogP contribution is -2.47. The molecule has 0 radical (unpaired) electrons. The Morgan fingerprint density at radius 2 is 1.86 bits per heavy atom. The van der Waals surface area contributed by atoms with Crippen molar-refractivity contribution in [3.8, 4) is 0 Å². The van der Waals surface area contributed by atoms with Crippen LogP contribution in [-0.2, 0) is 14.0 Å². The topological polar surface area (TPSA) is 55.8 Å². The van der Waals surface area contributed by atoms with E-state index in [1.807, 2.05) is 13.0 Å². The van der Waals surface area contributed by atoms with Gasteiger partial charge in [0.15, 0.2) is 14.4 Å². The van der Waals surface area contributed by atoms with Crippen molar-refractivity contribution in [3.63, 3.8) is 0 Å². The Balaban J connectivity index is 4.95. The average Bonchev–Trinajstić information content (AvgIpc) is 2.41. The van der Waals surface area contributed by atoms with Crippen molar-refractivity contribution in [2.75, 3.05) is 13.7 Å². The van der Waals surface area contributed by atoms with E-state index >= 15 is 0 Å². The third-order valence-electron chi connectivity index (χ3n) is 4.92. The van der Waals surface area contributed by atoms with Crippen LogP contribution in [0.1, 0.15) is 34.6 Å². The summed E-state index contributed by atoms with van der Waals surface area (Å²) in [5.41, 5.74) is 0. The molecule has 0 aliphatic carbocycles. The summed E-state index contributed by atoms with van der Waals surface area (Å²) in [6, 6.07) is 0. The van der Waals surface area contributed by atoms with Gasteiger partial charge in [-0.05, 0) is 31.0 Å². The molecule has 0 saturated heterocycles. The van der Waals surface area contributed by atoms with Crippen LogP contribution in [0.15, 0.2) is 12.2 Å². The zero-order valence-electron chi connectivity index (χ0n) is 14.8. The highest BCUT2D eigenvalue weighted by Gasteiger charge is 2.43. The van der Waals surface area contributed by atoms with E-state index in [0.717, 1.165) is 0 Å². The lowest BCUT2D eigenvalue weighted by atomic mass is 9.99. The lowest BCUT2D eigenvalue weighted by molar-refractivity contribution is -0.153. The van der Waals surface area contributed by atoms with Crippen molar-refractivity contribution < 1.29 is 19.1 Å². The first-order chi connectivity index (χ1) is 9.51. The summed E-state index contributed by atoms with van der Waals surface area (Å²) in [5, 5.41) is 10.1. The molecular formula is C16H32O4Si. The molecule has 0 aromatic rings. The summed E-state index contributed by atoms with van der Waals surface area (Å²) in [5.74, 6) is -0.494. The van der Waals surface area contributed by atoms with E-state index in [1.54, 1.807) is 6.08 Å². The Morgan fingerprint density at radius 1 is 1.33 bits per heavy atom. The number of hydrogen-bond acceptors (Lipinski definition) is 4. The van der Waals surface area contributed by atoms with Gasteiger partial charge in [0, 0.05) is 12.5 Å². The number of aliphatic hydroxyl groups is 1. The second-order valence-corrected chi connectivity index (χ2v) is 11.5. The standard InChI is InChI=1S/C16H32O4Si/c1-9-10-13(14(17)15(18)19-6)11-20-21(7,8)16(4,5)12(2)3/h9-10,12-14,17H,11H2,1-8H3/b10-9+/t13-,14+/m1/s1. The molecule has 0 aliphatic rings. The minimum absolute atomic E-state index is 0.101. The third kappa shape index (κ3) is 5.24. The summed E-state index contributed by atoms with van der Waals surface area (Å²) in [7, 11) is -0.696. The molecule has 124 valence electrons. The van der Waals surface area contributed by atoms with Crippen LogP contribution < -0.4 is 0 Å². The maximum atomic E-state index is 11.5. The largest absolute Gasteiger partial charge is 0.467 e. The highest BCUT2D eigenvalue weighted by atomic mass is 28.4. The van der Waals surface area contributed by atoms with Crippen molar-refractivity contribution in [2.45, 2.75) is 58.9 Å². The summed E-state index contributed by atoms with van der Waals surface area (Å²) in [6.07, 6.45) is 2.44. The molecule has 0 fully saturated rings. The third-order valence-corrected chi connectivity index (χ3v) is 9.49. The number of hydrogen-bond donors (Lipinski definition) is 1. The fourth-order valence-corrected chi connectivity index (χ4v) is 4.35. The number of aliphatic hydroxyl groups excluding tert-OH is 1. The zero-order valence-corrected chi connectivity index (χ0v) is 15.8. The van der Waals surface area contributed by atoms with Crippen molar-refractivity contribution in [1.29, 1.82) is 0 Å². The van der Waals surface area contributed by atoms with Crippen LogP contribution in [0, 0.1) is 11.8 Å². The summed E-state index contributed by atoms with van der Waals surface area (Å²) in [6.45, 7) is 15.4. The van der Waals surface area contributed by atoms with Crippen LogP contribution in [0.3, 0.4) is 0 Å². The summed E-state index contributed by atoms with van der Waals surface area (Å²) < 4.78 is 10.8. The van der Waals surface area contributed by atoms with Gasteiger partial charge in [0.05, 0.1) is 7.11 Å². The lowest BCUT2D eigenvalue weighted by Gasteiger charge is -2.43. The van der Waals surface area contributed by atoms with Crippen LogP contribution in [0.25, 0.3) is 0 Å². The predicted molar refractivity (Wildman–Crippen MR) is 88.6 cm³/mol. The predicted octanol–water partition coefficient (Wildman–Crippen LogP) is 3.37. The summed E-state index contributed by atoms with van der Waals surface area (Å²) in [4.78, 5) is 11.5. The van der Waals surface area contributed by atoms with Crippen molar-refractivity contribution in [2.24, 2.45) is 11.8 Å². The van der Waals surface area contributed by atoms with Gasteiger partial charge in [-0.2, -0.15) is 0 Å². The monoisotopic (exact) mass is 316 g/mol. The average molecular weight is 317 g/mol. The van der Waals surface area contributed by atoms with E-state index in [-0.39, 0.29) is 11.0 Å². The van der Waals surface area contributed by atoms with E-state index in [1.165, 1.54) is 7.11 Å². The van der Waals surface area contributed by atoms with Gasteiger partial charge >= 0.3 is 5.97 Å². The Kier molecular flexibility index (Phi) is 7.85. The molecule has 0 spiro atoms. The molecule has 1 N–H and O–H groups in total. The van der Waals surface area contributed by atoms with Crippen LogP contribution in [0.2, 0.25) is 18.1 Å². The van der Waals surface area contributed by atoms with E-state index in [9.17, 15) is 9.90 Å². The molecule has 0 heterocycles. The van der Waals surface area contributed by atoms with E-state index in [2.05, 4.69) is 45.5 Å². The number of methoxy groups -OCH3 is 1. The van der Waals surface area contributed by atoms with Crippen molar-refractivity contribution in [3.05, 3.63) is 12.2 Å². The molecule has 5 heteroatoms. The Hall–Kier alpha value is -0.653. The molecule has 0 amide bonds. The van der Waals surface area contributed by atoms with Gasteiger partial charge < -0.3 is 14.3 Å². The SMILES string of the molecule is C/C=C/[C@H](CO[Si](C)(C)C(C)(C)C(C)C)[C@H](O)C(=O)OC. The minimum Gasteiger partial charge on any atom is -0.467 e. The fraction of sp³-hybridized carbons (Fsp3) is 0.812. The van der Waals surface area contributed by atoms with Crippen LogP contribution in [0.4, 0.5) is 0 Å². The van der Waals surface area contributed by atoms with Gasteiger partial charge in [-0.3, -0.25) is 0 Å². The second kappa shape index (κ2) is 8.10. The number of carbonyl (C=O) groups is 1. The maximum Gasteiger partial charge on any atom is 0.335 e. The number of carbonyl (C=O) groups excluding carboxylic acids is 1. The molecule has 0 aromatic carbocycles. The quantitative estimate of drug-likeness (QED) is 0.424. The number of ether oxygens (including phenoxy) is 1. The van der Waals surface area contributed by atoms with Gasteiger partial charge in [-0.15, -0.1) is 0 Å². The normalized spacial score (nSPS) is 16.3. The number of rotatable bonds is 8. The van der Waals surface area contributed by atoms with Gasteiger partial charge in [0.2, 0.25) is 0 Å². The molecule has 0 aliphatic heterocycles. The smallest absolute Gasteiger partial charge is 0.335 e. The molecule has 21 heavy (non-hydrogen) atoms. The fourth-order valence-electron chi connectivity index (χ4n) is 1.98. The van der Waals surface area contributed by atoms with Crippen molar-refractivity contribution >= 4 is 14.3 Å². The number of esters is 1. The first kappa shape index (κ1) is 20.3. The molecule has 0 aromatic heterocycles. The van der Waals surface area contributed by atoms with E-state index in [0.29, 0.717) is 12.5 Å². The highest BCUT2D eigenvalue weighted by Crippen LogP contribution is 2.44. The van der Waals surface area contributed by atoms with Gasteiger partial charge in [-0.1, -0.05) is 39.8 Å². The van der Waals surface area contributed by atoms with Gasteiger partial charge in [0.25, 0.3) is 0 Å². The minimum atomic E-state index is -1.97. The van der Waals surface area contributed by atoms with Gasteiger partial charge in [-0.25, -0.2) is 4.79 Å². The number of allylic oxidation sites excluding steroid dienone is 1. The maximum absolute atomic E-state index is 11.5.